The van der Waals surface area contributed by atoms with E-state index in [2.05, 4.69) is 36.6 Å². The normalized spacial score (nSPS) is 11.9. The van der Waals surface area contributed by atoms with Crippen LogP contribution in [0.4, 0.5) is 0 Å². The summed E-state index contributed by atoms with van der Waals surface area (Å²) < 4.78 is 5.14. The van der Waals surface area contributed by atoms with Crippen molar-refractivity contribution >= 4 is 17.5 Å². The SMILES string of the molecule is C/C(CC(=O)NCc1ccco1)=N\NC(=O)c1ccc(C(C)(C)C)cc1. The second-order valence-electron chi connectivity index (χ2n) is 7.15. The number of amides is 2. The van der Waals surface area contributed by atoms with Crippen molar-refractivity contribution in [2.45, 2.75) is 46.1 Å². The highest BCUT2D eigenvalue weighted by atomic mass is 16.3. The van der Waals surface area contributed by atoms with Gasteiger partial charge >= 0.3 is 0 Å². The highest BCUT2D eigenvalue weighted by Crippen LogP contribution is 2.22. The summed E-state index contributed by atoms with van der Waals surface area (Å²) in [5.41, 5.74) is 4.71. The first-order valence-electron chi connectivity index (χ1n) is 8.49. The molecule has 0 unspecified atom stereocenters. The first kappa shape index (κ1) is 19.4. The lowest BCUT2D eigenvalue weighted by atomic mass is 9.87. The van der Waals surface area contributed by atoms with Gasteiger partial charge in [-0.05, 0) is 42.2 Å². The summed E-state index contributed by atoms with van der Waals surface area (Å²) >= 11 is 0. The molecule has 0 bridgehead atoms. The molecule has 2 N–H and O–H groups in total. The summed E-state index contributed by atoms with van der Waals surface area (Å²) in [6.45, 7) is 8.37. The molecule has 26 heavy (non-hydrogen) atoms. The Kier molecular flexibility index (Phi) is 6.33. The van der Waals surface area contributed by atoms with Crippen LogP contribution >= 0.6 is 0 Å². The summed E-state index contributed by atoms with van der Waals surface area (Å²) in [5, 5.41) is 6.72. The maximum Gasteiger partial charge on any atom is 0.271 e. The first-order valence-corrected chi connectivity index (χ1v) is 8.49. The van der Waals surface area contributed by atoms with Gasteiger partial charge < -0.3 is 9.73 Å². The zero-order valence-electron chi connectivity index (χ0n) is 15.6. The summed E-state index contributed by atoms with van der Waals surface area (Å²) in [6.07, 6.45) is 1.65. The lowest BCUT2D eigenvalue weighted by Crippen LogP contribution is -2.26. The predicted molar refractivity (Wildman–Crippen MR) is 101 cm³/mol. The van der Waals surface area contributed by atoms with E-state index in [-0.39, 0.29) is 23.7 Å². The van der Waals surface area contributed by atoms with Gasteiger partial charge in [0.15, 0.2) is 0 Å². The lowest BCUT2D eigenvalue weighted by Gasteiger charge is -2.18. The van der Waals surface area contributed by atoms with Crippen LogP contribution in [0.1, 0.15) is 55.8 Å². The molecule has 2 rings (SSSR count). The van der Waals surface area contributed by atoms with Crippen LogP contribution in [-0.4, -0.2) is 17.5 Å². The molecule has 0 aliphatic rings. The first-order chi connectivity index (χ1) is 12.3. The number of hydrogen-bond donors (Lipinski definition) is 2. The van der Waals surface area contributed by atoms with Crippen LogP contribution in [0.3, 0.4) is 0 Å². The number of carbonyl (C=O) groups excluding carboxylic acids is 2. The third-order valence-corrected chi connectivity index (χ3v) is 3.82. The van der Waals surface area contributed by atoms with Crippen molar-refractivity contribution in [3.8, 4) is 0 Å². The number of nitrogens with one attached hydrogen (secondary N) is 2. The van der Waals surface area contributed by atoms with E-state index in [1.165, 1.54) is 0 Å². The molecule has 2 aromatic rings. The van der Waals surface area contributed by atoms with Gasteiger partial charge in [-0.1, -0.05) is 32.9 Å². The van der Waals surface area contributed by atoms with Gasteiger partial charge in [-0.15, -0.1) is 0 Å². The standard InChI is InChI=1S/C20H25N3O3/c1-14(12-18(24)21-13-17-6-5-11-26-17)22-23-19(25)15-7-9-16(10-8-15)20(2,3)4/h5-11H,12-13H2,1-4H3,(H,21,24)(H,23,25)/b22-14+. The van der Waals surface area contributed by atoms with E-state index in [0.717, 1.165) is 5.56 Å². The maximum atomic E-state index is 12.1. The fourth-order valence-electron chi connectivity index (χ4n) is 2.27. The smallest absolute Gasteiger partial charge is 0.271 e. The summed E-state index contributed by atoms with van der Waals surface area (Å²) in [7, 11) is 0. The fourth-order valence-corrected chi connectivity index (χ4v) is 2.27. The average Bonchev–Trinajstić information content (AvgIpc) is 3.11. The van der Waals surface area contributed by atoms with Crippen LogP contribution in [0, 0.1) is 0 Å². The quantitative estimate of drug-likeness (QED) is 0.615. The van der Waals surface area contributed by atoms with Crippen molar-refractivity contribution in [1.29, 1.82) is 0 Å². The Morgan fingerprint density at radius 1 is 1.12 bits per heavy atom. The van der Waals surface area contributed by atoms with E-state index >= 15 is 0 Å². The number of nitrogens with zero attached hydrogens (tertiary/aromatic N) is 1. The topological polar surface area (TPSA) is 83.7 Å². The third-order valence-electron chi connectivity index (χ3n) is 3.82. The molecule has 0 atom stereocenters. The van der Waals surface area contributed by atoms with Crippen molar-refractivity contribution < 1.29 is 14.0 Å². The van der Waals surface area contributed by atoms with E-state index < -0.39 is 0 Å². The van der Waals surface area contributed by atoms with Gasteiger partial charge in [0.25, 0.3) is 5.91 Å². The van der Waals surface area contributed by atoms with Gasteiger partial charge in [0.05, 0.1) is 19.2 Å². The van der Waals surface area contributed by atoms with Crippen molar-refractivity contribution in [2.75, 3.05) is 0 Å². The van der Waals surface area contributed by atoms with Crippen molar-refractivity contribution in [3.63, 3.8) is 0 Å². The minimum Gasteiger partial charge on any atom is -0.467 e. The molecule has 0 aliphatic carbocycles. The summed E-state index contributed by atoms with van der Waals surface area (Å²) in [6, 6.07) is 11.0. The van der Waals surface area contributed by atoms with E-state index in [1.54, 1.807) is 37.5 Å². The monoisotopic (exact) mass is 355 g/mol. The van der Waals surface area contributed by atoms with Gasteiger partial charge in [0.2, 0.25) is 5.91 Å². The Balaban J connectivity index is 1.83. The molecule has 1 aromatic carbocycles. The van der Waals surface area contributed by atoms with Gasteiger partial charge in [-0.2, -0.15) is 5.10 Å². The second kappa shape index (κ2) is 8.47. The number of rotatable bonds is 6. The van der Waals surface area contributed by atoms with Crippen LogP contribution in [0.5, 0.6) is 0 Å². The number of benzene rings is 1. The molecule has 0 aliphatic heterocycles. The maximum absolute atomic E-state index is 12.1. The predicted octanol–water partition coefficient (Wildman–Crippen LogP) is 3.39. The molecular formula is C20H25N3O3. The molecule has 2 amide bonds. The molecule has 0 saturated carbocycles. The van der Waals surface area contributed by atoms with Crippen molar-refractivity contribution in [3.05, 3.63) is 59.5 Å². The molecule has 6 heteroatoms. The Hall–Kier alpha value is -2.89. The Morgan fingerprint density at radius 3 is 2.38 bits per heavy atom. The van der Waals surface area contributed by atoms with Gasteiger partial charge in [0, 0.05) is 11.3 Å². The van der Waals surface area contributed by atoms with Crippen LogP contribution in [0.15, 0.2) is 52.2 Å². The number of hydrogen-bond acceptors (Lipinski definition) is 4. The Labute approximate surface area is 153 Å². The van der Waals surface area contributed by atoms with Crippen LogP contribution in [-0.2, 0) is 16.8 Å². The molecule has 138 valence electrons. The minimum atomic E-state index is -0.305. The lowest BCUT2D eigenvalue weighted by molar-refractivity contribution is -0.120. The van der Waals surface area contributed by atoms with Crippen LogP contribution in [0.25, 0.3) is 0 Å². The van der Waals surface area contributed by atoms with Crippen molar-refractivity contribution in [2.24, 2.45) is 5.10 Å². The third kappa shape index (κ3) is 5.88. The average molecular weight is 355 g/mol. The number of hydrazone groups is 1. The zero-order chi connectivity index (χ0) is 19.2. The largest absolute Gasteiger partial charge is 0.467 e. The van der Waals surface area contributed by atoms with E-state index in [4.69, 9.17) is 4.42 Å². The second-order valence-corrected chi connectivity index (χ2v) is 7.15. The Morgan fingerprint density at radius 2 is 1.81 bits per heavy atom. The molecule has 0 spiro atoms. The zero-order valence-corrected chi connectivity index (χ0v) is 15.6. The highest BCUT2D eigenvalue weighted by Gasteiger charge is 2.14. The molecule has 0 saturated heterocycles. The summed E-state index contributed by atoms with van der Waals surface area (Å²) in [4.78, 5) is 24.0. The van der Waals surface area contributed by atoms with Gasteiger partial charge in [0.1, 0.15) is 5.76 Å². The molecule has 1 aromatic heterocycles. The van der Waals surface area contributed by atoms with Gasteiger partial charge in [-0.3, -0.25) is 9.59 Å². The van der Waals surface area contributed by atoms with Crippen LogP contribution in [0.2, 0.25) is 0 Å². The minimum absolute atomic E-state index is 0.0345. The van der Waals surface area contributed by atoms with Crippen molar-refractivity contribution in [1.82, 2.24) is 10.7 Å². The molecule has 0 radical (unpaired) electrons. The molecular weight excluding hydrogens is 330 g/mol. The van der Waals surface area contributed by atoms with Crippen LogP contribution < -0.4 is 10.7 Å². The van der Waals surface area contributed by atoms with Gasteiger partial charge in [-0.25, -0.2) is 5.43 Å². The van der Waals surface area contributed by atoms with E-state index in [1.807, 2.05) is 12.1 Å². The Bertz CT molecular complexity index is 770. The summed E-state index contributed by atoms with van der Waals surface area (Å²) in [5.74, 6) is 0.187. The number of carbonyl (C=O) groups is 2. The molecule has 6 nitrogen and oxygen atoms in total. The fraction of sp³-hybridized carbons (Fsp3) is 0.350. The number of furan rings is 1. The van der Waals surface area contributed by atoms with E-state index in [0.29, 0.717) is 23.6 Å². The molecule has 1 heterocycles. The van der Waals surface area contributed by atoms with E-state index in [9.17, 15) is 9.59 Å². The highest BCUT2D eigenvalue weighted by molar-refractivity contribution is 6.01. The molecule has 0 fully saturated rings.